The lowest BCUT2D eigenvalue weighted by Crippen LogP contribution is -2.22. The Morgan fingerprint density at radius 2 is 2.00 bits per heavy atom. The molecule has 0 spiro atoms. The number of methoxy groups -OCH3 is 2. The Balaban J connectivity index is 2.06. The molecule has 1 heterocycles. The summed E-state index contributed by atoms with van der Waals surface area (Å²) in [5, 5.41) is 4.08. The fourth-order valence-electron chi connectivity index (χ4n) is 1.98. The van der Waals surface area contributed by atoms with Crippen LogP contribution in [0.15, 0.2) is 23.2 Å². The number of rotatable bonds is 5. The van der Waals surface area contributed by atoms with E-state index < -0.39 is 0 Å². The maximum absolute atomic E-state index is 5.92. The summed E-state index contributed by atoms with van der Waals surface area (Å²) in [7, 11) is 3.19. The molecule has 1 aromatic carbocycles. The molecule has 2 aromatic rings. The first kappa shape index (κ1) is 16.1. The van der Waals surface area contributed by atoms with Crippen molar-refractivity contribution in [3.63, 3.8) is 0 Å². The molecule has 7 heteroatoms. The van der Waals surface area contributed by atoms with Crippen LogP contribution in [0.5, 0.6) is 11.5 Å². The topological polar surface area (TPSA) is 81.8 Å². The van der Waals surface area contributed by atoms with Crippen LogP contribution in [-0.4, -0.2) is 25.2 Å². The van der Waals surface area contributed by atoms with Crippen LogP contribution in [0.4, 0.5) is 5.69 Å². The first-order chi connectivity index (χ1) is 10.5. The molecule has 0 atom stereocenters. The molecule has 6 nitrogen and oxygen atoms in total. The van der Waals surface area contributed by atoms with Crippen LogP contribution < -0.4 is 20.5 Å². The second kappa shape index (κ2) is 7.13. The van der Waals surface area contributed by atoms with E-state index in [1.807, 2.05) is 32.0 Å². The lowest BCUT2D eigenvalue weighted by atomic mass is 10.3. The van der Waals surface area contributed by atoms with Gasteiger partial charge in [-0.2, -0.15) is 0 Å². The minimum Gasteiger partial charge on any atom is -0.493 e. The summed E-state index contributed by atoms with van der Waals surface area (Å²) in [4.78, 5) is 9.84. The molecule has 0 aliphatic carbocycles. The van der Waals surface area contributed by atoms with E-state index in [2.05, 4.69) is 15.3 Å². The number of anilines is 1. The number of nitrogens with zero attached hydrogens (tertiary/aromatic N) is 2. The first-order valence-electron chi connectivity index (χ1n) is 6.75. The zero-order chi connectivity index (χ0) is 16.1. The molecule has 0 fully saturated rings. The SMILES string of the molecule is COc1ccc(NC(N)=NCc2sc(C)nc2C)cc1OC. The van der Waals surface area contributed by atoms with Crippen molar-refractivity contribution in [2.45, 2.75) is 20.4 Å². The van der Waals surface area contributed by atoms with E-state index in [0.717, 1.165) is 21.3 Å². The Labute approximate surface area is 134 Å². The molecule has 0 saturated heterocycles. The van der Waals surface area contributed by atoms with Crippen molar-refractivity contribution < 1.29 is 9.47 Å². The highest BCUT2D eigenvalue weighted by molar-refractivity contribution is 7.11. The number of guanidine groups is 1. The molecular weight excluding hydrogens is 300 g/mol. The summed E-state index contributed by atoms with van der Waals surface area (Å²) in [6.45, 7) is 4.48. The number of hydrogen-bond acceptors (Lipinski definition) is 5. The summed E-state index contributed by atoms with van der Waals surface area (Å²) in [6, 6.07) is 5.47. The number of nitrogens with two attached hydrogens (primary N) is 1. The summed E-state index contributed by atoms with van der Waals surface area (Å²) in [5.41, 5.74) is 7.72. The van der Waals surface area contributed by atoms with Crippen molar-refractivity contribution in [3.8, 4) is 11.5 Å². The standard InChI is InChI=1S/C15H20N4O2S/c1-9-14(22-10(2)18-9)8-17-15(16)19-11-5-6-12(20-3)13(7-11)21-4/h5-7H,8H2,1-4H3,(H3,16,17,19). The van der Waals surface area contributed by atoms with E-state index in [0.29, 0.717) is 24.0 Å². The zero-order valence-electron chi connectivity index (χ0n) is 13.1. The Morgan fingerprint density at radius 3 is 2.59 bits per heavy atom. The molecule has 118 valence electrons. The monoisotopic (exact) mass is 320 g/mol. The van der Waals surface area contributed by atoms with Crippen molar-refractivity contribution in [1.82, 2.24) is 4.98 Å². The van der Waals surface area contributed by atoms with Crippen LogP contribution in [-0.2, 0) is 6.54 Å². The molecule has 0 aliphatic rings. The lowest BCUT2D eigenvalue weighted by Gasteiger charge is -2.10. The number of benzene rings is 1. The van der Waals surface area contributed by atoms with Gasteiger partial charge in [0.15, 0.2) is 17.5 Å². The zero-order valence-corrected chi connectivity index (χ0v) is 14.0. The van der Waals surface area contributed by atoms with Gasteiger partial charge in [-0.3, -0.25) is 0 Å². The van der Waals surface area contributed by atoms with Crippen molar-refractivity contribution >= 4 is 23.0 Å². The third-order valence-electron chi connectivity index (χ3n) is 3.05. The summed E-state index contributed by atoms with van der Waals surface area (Å²) >= 11 is 1.64. The molecule has 0 unspecified atom stereocenters. The minimum atomic E-state index is 0.345. The highest BCUT2D eigenvalue weighted by atomic mass is 32.1. The fourth-order valence-corrected chi connectivity index (χ4v) is 2.84. The maximum atomic E-state index is 5.92. The van der Waals surface area contributed by atoms with E-state index in [4.69, 9.17) is 15.2 Å². The molecule has 22 heavy (non-hydrogen) atoms. The Morgan fingerprint density at radius 1 is 1.27 bits per heavy atom. The molecule has 0 radical (unpaired) electrons. The van der Waals surface area contributed by atoms with Crippen LogP contribution in [0.3, 0.4) is 0 Å². The van der Waals surface area contributed by atoms with Gasteiger partial charge in [-0.05, 0) is 26.0 Å². The molecule has 0 bridgehead atoms. The Hall–Kier alpha value is -2.28. The van der Waals surface area contributed by atoms with Gasteiger partial charge in [0.25, 0.3) is 0 Å². The van der Waals surface area contributed by atoms with Gasteiger partial charge in [0, 0.05) is 16.6 Å². The summed E-state index contributed by atoms with van der Waals surface area (Å²) in [5.74, 6) is 1.64. The molecule has 0 saturated carbocycles. The van der Waals surface area contributed by atoms with Crippen LogP contribution >= 0.6 is 11.3 Å². The predicted molar refractivity (Wildman–Crippen MR) is 90.1 cm³/mol. The van der Waals surface area contributed by atoms with Gasteiger partial charge in [0.1, 0.15) is 0 Å². The number of ether oxygens (including phenoxy) is 2. The van der Waals surface area contributed by atoms with Crippen molar-refractivity contribution in [1.29, 1.82) is 0 Å². The number of aliphatic imine (C=N–C) groups is 1. The van der Waals surface area contributed by atoms with Gasteiger partial charge >= 0.3 is 0 Å². The summed E-state index contributed by atoms with van der Waals surface area (Å²) < 4.78 is 10.5. The highest BCUT2D eigenvalue weighted by Crippen LogP contribution is 2.29. The fraction of sp³-hybridized carbons (Fsp3) is 0.333. The number of aromatic nitrogens is 1. The minimum absolute atomic E-state index is 0.345. The normalized spacial score (nSPS) is 11.4. The first-order valence-corrected chi connectivity index (χ1v) is 7.57. The van der Waals surface area contributed by atoms with Crippen molar-refractivity contribution in [2.24, 2.45) is 10.7 Å². The van der Waals surface area contributed by atoms with Crippen molar-refractivity contribution in [2.75, 3.05) is 19.5 Å². The number of hydrogen-bond donors (Lipinski definition) is 2. The molecule has 0 amide bonds. The smallest absolute Gasteiger partial charge is 0.193 e. The van der Waals surface area contributed by atoms with Gasteiger partial charge in [-0.25, -0.2) is 9.98 Å². The van der Waals surface area contributed by atoms with E-state index >= 15 is 0 Å². The van der Waals surface area contributed by atoms with Crippen molar-refractivity contribution in [3.05, 3.63) is 33.8 Å². The largest absolute Gasteiger partial charge is 0.493 e. The van der Waals surface area contributed by atoms with E-state index in [1.165, 1.54) is 0 Å². The van der Waals surface area contributed by atoms with E-state index in [1.54, 1.807) is 25.6 Å². The average Bonchev–Trinajstić information content (AvgIpc) is 2.82. The van der Waals surface area contributed by atoms with Gasteiger partial charge in [-0.15, -0.1) is 11.3 Å². The molecule has 1 aromatic heterocycles. The van der Waals surface area contributed by atoms with Gasteiger partial charge < -0.3 is 20.5 Å². The van der Waals surface area contributed by atoms with Crippen LogP contribution in [0.1, 0.15) is 15.6 Å². The molecule has 2 rings (SSSR count). The average molecular weight is 320 g/mol. The molecule has 3 N–H and O–H groups in total. The Kier molecular flexibility index (Phi) is 5.21. The summed E-state index contributed by atoms with van der Waals surface area (Å²) in [6.07, 6.45) is 0. The van der Waals surface area contributed by atoms with E-state index in [9.17, 15) is 0 Å². The third kappa shape index (κ3) is 3.88. The van der Waals surface area contributed by atoms with Gasteiger partial charge in [-0.1, -0.05) is 0 Å². The second-order valence-electron chi connectivity index (χ2n) is 4.64. The number of nitrogens with one attached hydrogen (secondary N) is 1. The molecule has 0 aliphatic heterocycles. The van der Waals surface area contributed by atoms with Crippen LogP contribution in [0.2, 0.25) is 0 Å². The molecular formula is C15H20N4O2S. The number of aryl methyl sites for hydroxylation is 2. The number of thiazole rings is 1. The maximum Gasteiger partial charge on any atom is 0.193 e. The Bertz CT molecular complexity index is 682. The van der Waals surface area contributed by atoms with Gasteiger partial charge in [0.05, 0.1) is 31.5 Å². The highest BCUT2D eigenvalue weighted by Gasteiger charge is 2.06. The quantitative estimate of drug-likeness (QED) is 0.654. The van der Waals surface area contributed by atoms with Gasteiger partial charge in [0.2, 0.25) is 0 Å². The van der Waals surface area contributed by atoms with Crippen LogP contribution in [0, 0.1) is 13.8 Å². The third-order valence-corrected chi connectivity index (χ3v) is 4.11. The predicted octanol–water partition coefficient (Wildman–Crippen LogP) is 2.70. The second-order valence-corrected chi connectivity index (χ2v) is 5.93. The van der Waals surface area contributed by atoms with E-state index in [-0.39, 0.29) is 0 Å². The van der Waals surface area contributed by atoms with Crippen LogP contribution in [0.25, 0.3) is 0 Å². The lowest BCUT2D eigenvalue weighted by molar-refractivity contribution is 0.355.